The largest absolute Gasteiger partial charge is 0.492 e. The Hall–Kier alpha value is -2.32. The molecule has 166 valence electrons. The summed E-state index contributed by atoms with van der Waals surface area (Å²) in [6.45, 7) is 2.03. The van der Waals surface area contributed by atoms with Crippen molar-refractivity contribution in [3.05, 3.63) is 58.6 Å². The molecule has 0 saturated carbocycles. The monoisotopic (exact) mass is 473 g/mol. The molecular formula is C20H19ClF3N3O3S. The third kappa shape index (κ3) is 5.68. The number of alkyl halides is 3. The van der Waals surface area contributed by atoms with Gasteiger partial charge in [0.1, 0.15) is 12.4 Å². The molecule has 0 atom stereocenters. The van der Waals surface area contributed by atoms with Crippen molar-refractivity contribution in [1.29, 1.82) is 5.26 Å². The van der Waals surface area contributed by atoms with Gasteiger partial charge in [-0.15, -0.1) is 0 Å². The fourth-order valence-corrected chi connectivity index (χ4v) is 4.85. The number of benzene rings is 2. The Morgan fingerprint density at radius 2 is 1.81 bits per heavy atom. The molecule has 1 saturated heterocycles. The molecule has 0 spiro atoms. The average molecular weight is 474 g/mol. The number of hydrogen-bond acceptors (Lipinski definition) is 5. The number of nitriles is 1. The van der Waals surface area contributed by atoms with Crippen LogP contribution < -0.4 is 4.74 Å². The van der Waals surface area contributed by atoms with Crippen LogP contribution in [0.2, 0.25) is 5.02 Å². The van der Waals surface area contributed by atoms with E-state index in [0.717, 1.165) is 12.1 Å². The van der Waals surface area contributed by atoms with Gasteiger partial charge in [0.05, 0.1) is 27.1 Å². The normalized spacial score (nSPS) is 16.1. The number of rotatable bonds is 6. The minimum atomic E-state index is -4.74. The molecule has 2 aromatic rings. The van der Waals surface area contributed by atoms with E-state index in [2.05, 4.69) is 0 Å². The Kier molecular flexibility index (Phi) is 7.11. The molecule has 1 heterocycles. The zero-order valence-corrected chi connectivity index (χ0v) is 17.8. The van der Waals surface area contributed by atoms with Gasteiger partial charge in [-0.3, -0.25) is 4.90 Å². The van der Waals surface area contributed by atoms with Crippen LogP contribution in [0.4, 0.5) is 13.2 Å². The van der Waals surface area contributed by atoms with E-state index in [9.17, 15) is 21.6 Å². The summed E-state index contributed by atoms with van der Waals surface area (Å²) in [4.78, 5) is 1.57. The third-order valence-corrected chi connectivity index (χ3v) is 7.08. The van der Waals surface area contributed by atoms with E-state index in [1.54, 1.807) is 24.3 Å². The van der Waals surface area contributed by atoms with Crippen LogP contribution in [0.3, 0.4) is 0 Å². The van der Waals surface area contributed by atoms with Crippen molar-refractivity contribution in [1.82, 2.24) is 9.21 Å². The first-order valence-electron chi connectivity index (χ1n) is 9.33. The van der Waals surface area contributed by atoms with Gasteiger partial charge in [-0.2, -0.15) is 22.7 Å². The van der Waals surface area contributed by atoms with Crippen LogP contribution in [0, 0.1) is 11.3 Å². The molecule has 0 aliphatic carbocycles. The summed E-state index contributed by atoms with van der Waals surface area (Å²) in [5, 5.41) is 8.36. The lowest BCUT2D eigenvalue weighted by atomic mass is 10.2. The van der Waals surface area contributed by atoms with Crippen LogP contribution in [0.25, 0.3) is 0 Å². The Bertz CT molecular complexity index is 1080. The predicted molar refractivity (Wildman–Crippen MR) is 108 cm³/mol. The highest BCUT2D eigenvalue weighted by Gasteiger charge is 2.36. The van der Waals surface area contributed by atoms with E-state index in [-0.39, 0.29) is 13.1 Å². The molecule has 0 aromatic heterocycles. The summed E-state index contributed by atoms with van der Waals surface area (Å²) in [5.41, 5.74) is -0.682. The van der Waals surface area contributed by atoms with Gasteiger partial charge in [0.2, 0.25) is 10.0 Å². The maximum absolute atomic E-state index is 13.1. The first-order chi connectivity index (χ1) is 14.6. The van der Waals surface area contributed by atoms with E-state index in [0.29, 0.717) is 43.6 Å². The molecule has 0 unspecified atom stereocenters. The molecule has 1 fully saturated rings. The fraction of sp³-hybridized carbons (Fsp3) is 0.350. The molecule has 6 nitrogen and oxygen atoms in total. The minimum absolute atomic E-state index is 0.149. The predicted octanol–water partition coefficient (Wildman–Crippen LogP) is 3.62. The quantitative estimate of drug-likeness (QED) is 0.640. The van der Waals surface area contributed by atoms with Gasteiger partial charge in [-0.1, -0.05) is 17.7 Å². The van der Waals surface area contributed by atoms with E-state index in [1.165, 1.54) is 4.31 Å². The molecule has 1 aliphatic heterocycles. The summed E-state index contributed by atoms with van der Waals surface area (Å²) in [6, 6.07) is 11.4. The van der Waals surface area contributed by atoms with Crippen LogP contribution in [-0.2, 0) is 16.2 Å². The Morgan fingerprint density at radius 1 is 1.10 bits per heavy atom. The van der Waals surface area contributed by atoms with Crippen molar-refractivity contribution >= 4 is 21.6 Å². The van der Waals surface area contributed by atoms with Gasteiger partial charge in [0, 0.05) is 32.7 Å². The highest BCUT2D eigenvalue weighted by atomic mass is 35.5. The van der Waals surface area contributed by atoms with Crippen LogP contribution in [0.5, 0.6) is 5.75 Å². The van der Waals surface area contributed by atoms with Crippen molar-refractivity contribution in [2.45, 2.75) is 11.1 Å². The number of hydrogen-bond donors (Lipinski definition) is 0. The average Bonchev–Trinajstić information content (AvgIpc) is 2.73. The number of sulfonamides is 1. The maximum Gasteiger partial charge on any atom is 0.417 e. The highest BCUT2D eigenvalue weighted by molar-refractivity contribution is 7.89. The first kappa shape index (κ1) is 23.3. The lowest BCUT2D eigenvalue weighted by molar-refractivity contribution is -0.137. The van der Waals surface area contributed by atoms with Gasteiger partial charge in [-0.05, 0) is 36.4 Å². The van der Waals surface area contributed by atoms with Gasteiger partial charge < -0.3 is 4.74 Å². The standard InChI is InChI=1S/C20H19ClF3N3O3S/c21-19-5-4-17(13-18(19)20(22,23)24)31(28,29)27-8-6-26(7-9-27)10-11-30-16-3-1-2-15(12-16)14-25/h1-5,12-13H,6-11H2. The smallest absolute Gasteiger partial charge is 0.417 e. The number of ether oxygens (including phenoxy) is 1. The summed E-state index contributed by atoms with van der Waals surface area (Å²) < 4.78 is 71.6. The van der Waals surface area contributed by atoms with Crippen molar-refractivity contribution in [3.63, 3.8) is 0 Å². The van der Waals surface area contributed by atoms with Crippen molar-refractivity contribution in [2.24, 2.45) is 0 Å². The van der Waals surface area contributed by atoms with Crippen LogP contribution in [0.1, 0.15) is 11.1 Å². The number of nitrogens with zero attached hydrogens (tertiary/aromatic N) is 3. The van der Waals surface area contributed by atoms with Crippen LogP contribution >= 0.6 is 11.6 Å². The van der Waals surface area contributed by atoms with Crippen LogP contribution in [0.15, 0.2) is 47.4 Å². The molecule has 1 aliphatic rings. The Morgan fingerprint density at radius 3 is 2.45 bits per heavy atom. The molecule has 0 radical (unpaired) electrons. The number of piperazine rings is 1. The molecule has 11 heteroatoms. The molecule has 3 rings (SSSR count). The number of halogens is 4. The van der Waals surface area contributed by atoms with E-state index >= 15 is 0 Å². The second kappa shape index (κ2) is 9.44. The van der Waals surface area contributed by atoms with Gasteiger partial charge in [0.25, 0.3) is 0 Å². The summed E-state index contributed by atoms with van der Waals surface area (Å²) in [6.07, 6.45) is -4.74. The summed E-state index contributed by atoms with van der Waals surface area (Å²) in [5.74, 6) is 0.573. The fourth-order valence-electron chi connectivity index (χ4n) is 3.17. The Balaban J connectivity index is 1.57. The second-order valence-corrected chi connectivity index (χ2v) is 9.22. The molecule has 0 amide bonds. The SMILES string of the molecule is N#Cc1cccc(OCCN2CCN(S(=O)(=O)c3ccc(Cl)c(C(F)(F)F)c3)CC2)c1. The molecule has 2 aromatic carbocycles. The lowest BCUT2D eigenvalue weighted by Crippen LogP contribution is -2.49. The summed E-state index contributed by atoms with van der Waals surface area (Å²) in [7, 11) is -4.07. The van der Waals surface area contributed by atoms with E-state index in [4.69, 9.17) is 21.6 Å². The summed E-state index contributed by atoms with van der Waals surface area (Å²) >= 11 is 5.58. The van der Waals surface area contributed by atoms with Crippen molar-refractivity contribution in [2.75, 3.05) is 39.3 Å². The van der Waals surface area contributed by atoms with Crippen molar-refractivity contribution < 1.29 is 26.3 Å². The zero-order valence-electron chi connectivity index (χ0n) is 16.3. The van der Waals surface area contributed by atoms with Crippen LogP contribution in [-0.4, -0.2) is 57.0 Å². The topological polar surface area (TPSA) is 73.6 Å². The highest BCUT2D eigenvalue weighted by Crippen LogP contribution is 2.36. The molecule has 0 bridgehead atoms. The van der Waals surface area contributed by atoms with E-state index < -0.39 is 31.7 Å². The van der Waals surface area contributed by atoms with E-state index in [1.807, 2.05) is 11.0 Å². The Labute approximate surface area is 183 Å². The third-order valence-electron chi connectivity index (χ3n) is 4.85. The van der Waals surface area contributed by atoms with Gasteiger partial charge in [0.15, 0.2) is 0 Å². The first-order valence-corrected chi connectivity index (χ1v) is 11.2. The second-order valence-electron chi connectivity index (χ2n) is 6.87. The lowest BCUT2D eigenvalue weighted by Gasteiger charge is -2.34. The van der Waals surface area contributed by atoms with Gasteiger partial charge >= 0.3 is 6.18 Å². The maximum atomic E-state index is 13.1. The minimum Gasteiger partial charge on any atom is -0.492 e. The van der Waals surface area contributed by atoms with Crippen molar-refractivity contribution in [3.8, 4) is 11.8 Å². The van der Waals surface area contributed by atoms with Gasteiger partial charge in [-0.25, -0.2) is 8.42 Å². The zero-order chi connectivity index (χ0) is 22.6. The molecule has 31 heavy (non-hydrogen) atoms. The molecule has 0 N–H and O–H groups in total. The molecular weight excluding hydrogens is 455 g/mol.